The highest BCUT2D eigenvalue weighted by atomic mass is 16.5. The third-order valence-corrected chi connectivity index (χ3v) is 5.09. The van der Waals surface area contributed by atoms with Gasteiger partial charge in [0.05, 0.1) is 21.3 Å². The molecule has 28 heavy (non-hydrogen) atoms. The molecule has 0 fully saturated rings. The number of hydrogen-bond acceptors (Lipinski definition) is 3. The highest BCUT2D eigenvalue weighted by Crippen LogP contribution is 2.28. The van der Waals surface area contributed by atoms with Crippen molar-refractivity contribution in [3.8, 4) is 17.2 Å². The van der Waals surface area contributed by atoms with Crippen molar-refractivity contribution in [2.24, 2.45) is 0 Å². The van der Waals surface area contributed by atoms with Crippen molar-refractivity contribution < 1.29 is 14.2 Å². The minimum atomic E-state index is 0.770. The number of ether oxygens (including phenoxy) is 3. The summed E-state index contributed by atoms with van der Waals surface area (Å²) < 4.78 is 16.0. The van der Waals surface area contributed by atoms with Gasteiger partial charge in [0.15, 0.2) is 11.5 Å². The van der Waals surface area contributed by atoms with Crippen molar-refractivity contribution in [3.63, 3.8) is 0 Å². The summed E-state index contributed by atoms with van der Waals surface area (Å²) in [5.74, 6) is 2.46. The zero-order valence-electron chi connectivity index (χ0n) is 16.9. The van der Waals surface area contributed by atoms with Crippen LogP contribution in [-0.4, -0.2) is 21.3 Å². The quantitative estimate of drug-likeness (QED) is 0.508. The van der Waals surface area contributed by atoms with Gasteiger partial charge in [-0.1, -0.05) is 42.5 Å². The molecule has 3 aromatic carbocycles. The largest absolute Gasteiger partial charge is 0.497 e. The van der Waals surface area contributed by atoms with E-state index in [-0.39, 0.29) is 0 Å². The van der Waals surface area contributed by atoms with E-state index in [1.807, 2.05) is 18.2 Å². The lowest BCUT2D eigenvalue weighted by Crippen LogP contribution is -2.00. The van der Waals surface area contributed by atoms with E-state index in [0.29, 0.717) is 0 Å². The van der Waals surface area contributed by atoms with Gasteiger partial charge in [-0.2, -0.15) is 0 Å². The molecule has 3 heteroatoms. The molecule has 0 aliphatic carbocycles. The van der Waals surface area contributed by atoms with Gasteiger partial charge in [-0.3, -0.25) is 0 Å². The Balaban J connectivity index is 1.65. The van der Waals surface area contributed by atoms with Crippen LogP contribution in [0, 0.1) is 0 Å². The van der Waals surface area contributed by atoms with Crippen LogP contribution in [0.4, 0.5) is 0 Å². The van der Waals surface area contributed by atoms with Crippen molar-refractivity contribution in [3.05, 3.63) is 89.0 Å². The van der Waals surface area contributed by atoms with Crippen LogP contribution in [0.15, 0.2) is 66.7 Å². The Bertz CT molecular complexity index is 885. The van der Waals surface area contributed by atoms with Gasteiger partial charge >= 0.3 is 0 Å². The first-order valence-corrected chi connectivity index (χ1v) is 9.64. The van der Waals surface area contributed by atoms with Crippen molar-refractivity contribution in [2.45, 2.75) is 25.7 Å². The monoisotopic (exact) mass is 376 g/mol. The van der Waals surface area contributed by atoms with Gasteiger partial charge in [0.1, 0.15) is 5.75 Å². The Morgan fingerprint density at radius 3 is 1.68 bits per heavy atom. The molecule has 3 rings (SSSR count). The standard InChI is InChI=1S/C25H28O3/c1-26-23-15-10-19(11-16-23)8-13-21-6-4-5-7-22(21)14-9-20-12-17-24(27-2)25(18-20)28-3/h4-7,10-12,15-18H,8-9,13-14H2,1-3H3. The Morgan fingerprint density at radius 1 is 0.536 bits per heavy atom. The number of benzene rings is 3. The third kappa shape index (κ3) is 5.07. The topological polar surface area (TPSA) is 27.7 Å². The highest BCUT2D eigenvalue weighted by molar-refractivity contribution is 5.43. The summed E-state index contributed by atoms with van der Waals surface area (Å²) in [6.07, 6.45) is 4.04. The van der Waals surface area contributed by atoms with Gasteiger partial charge in [-0.25, -0.2) is 0 Å². The lowest BCUT2D eigenvalue weighted by atomic mass is 9.95. The lowest BCUT2D eigenvalue weighted by Gasteiger charge is -2.12. The molecule has 3 aromatic rings. The Hall–Kier alpha value is -2.94. The van der Waals surface area contributed by atoms with Crippen LogP contribution in [0.3, 0.4) is 0 Å². The molecule has 0 aromatic heterocycles. The molecule has 0 saturated carbocycles. The minimum absolute atomic E-state index is 0.770. The summed E-state index contributed by atoms with van der Waals surface area (Å²) in [7, 11) is 5.04. The molecule has 0 heterocycles. The maximum absolute atomic E-state index is 5.42. The molecular weight excluding hydrogens is 348 g/mol. The fraction of sp³-hybridized carbons (Fsp3) is 0.280. The summed E-state index contributed by atoms with van der Waals surface area (Å²) in [5.41, 5.74) is 5.41. The second-order valence-corrected chi connectivity index (χ2v) is 6.81. The number of hydrogen-bond donors (Lipinski definition) is 0. The summed E-state index contributed by atoms with van der Waals surface area (Å²) in [6.45, 7) is 0. The van der Waals surface area contributed by atoms with E-state index in [4.69, 9.17) is 14.2 Å². The van der Waals surface area contributed by atoms with E-state index in [1.54, 1.807) is 21.3 Å². The fourth-order valence-corrected chi connectivity index (χ4v) is 3.43. The van der Waals surface area contributed by atoms with Crippen molar-refractivity contribution in [1.82, 2.24) is 0 Å². The first-order chi connectivity index (χ1) is 13.7. The van der Waals surface area contributed by atoms with Crippen molar-refractivity contribution >= 4 is 0 Å². The van der Waals surface area contributed by atoms with Gasteiger partial charge in [0.2, 0.25) is 0 Å². The zero-order valence-corrected chi connectivity index (χ0v) is 16.9. The maximum Gasteiger partial charge on any atom is 0.160 e. The Labute approximate surface area is 167 Å². The van der Waals surface area contributed by atoms with Gasteiger partial charge in [0.25, 0.3) is 0 Å². The van der Waals surface area contributed by atoms with Crippen LogP contribution in [0.1, 0.15) is 22.3 Å². The molecule has 0 aliphatic heterocycles. The highest BCUT2D eigenvalue weighted by Gasteiger charge is 2.07. The average Bonchev–Trinajstić information content (AvgIpc) is 2.76. The van der Waals surface area contributed by atoms with Crippen LogP contribution in [-0.2, 0) is 25.7 Å². The Kier molecular flexibility index (Phi) is 6.96. The smallest absolute Gasteiger partial charge is 0.160 e. The minimum Gasteiger partial charge on any atom is -0.497 e. The molecular formula is C25H28O3. The average molecular weight is 376 g/mol. The van der Waals surface area contributed by atoms with Gasteiger partial charge in [-0.05, 0) is 72.2 Å². The van der Waals surface area contributed by atoms with Crippen LogP contribution < -0.4 is 14.2 Å². The predicted octanol–water partition coefficient (Wildman–Crippen LogP) is 5.28. The summed E-state index contributed by atoms with van der Waals surface area (Å²) in [6, 6.07) is 23.2. The normalized spacial score (nSPS) is 10.5. The molecule has 0 bridgehead atoms. The van der Waals surface area contributed by atoms with E-state index >= 15 is 0 Å². The first-order valence-electron chi connectivity index (χ1n) is 9.64. The van der Waals surface area contributed by atoms with E-state index in [0.717, 1.165) is 42.9 Å². The SMILES string of the molecule is COc1ccc(CCc2ccccc2CCc2ccc(OC)c(OC)c2)cc1. The molecule has 0 atom stereocenters. The molecule has 0 spiro atoms. The molecule has 0 unspecified atom stereocenters. The number of aryl methyl sites for hydroxylation is 4. The predicted molar refractivity (Wildman–Crippen MR) is 114 cm³/mol. The van der Waals surface area contributed by atoms with Crippen molar-refractivity contribution in [1.29, 1.82) is 0 Å². The van der Waals surface area contributed by atoms with Crippen molar-refractivity contribution in [2.75, 3.05) is 21.3 Å². The molecule has 0 N–H and O–H groups in total. The molecule has 0 amide bonds. The van der Waals surface area contributed by atoms with Crippen LogP contribution in [0.25, 0.3) is 0 Å². The summed E-state index contributed by atoms with van der Waals surface area (Å²) >= 11 is 0. The second kappa shape index (κ2) is 9.84. The molecule has 146 valence electrons. The second-order valence-electron chi connectivity index (χ2n) is 6.81. The molecule has 0 radical (unpaired) electrons. The van der Waals surface area contributed by atoms with E-state index in [9.17, 15) is 0 Å². The van der Waals surface area contributed by atoms with E-state index in [2.05, 4.69) is 48.5 Å². The zero-order chi connectivity index (χ0) is 19.8. The summed E-state index contributed by atoms with van der Waals surface area (Å²) in [4.78, 5) is 0. The molecule has 3 nitrogen and oxygen atoms in total. The van der Waals surface area contributed by atoms with Gasteiger partial charge < -0.3 is 14.2 Å². The Morgan fingerprint density at radius 2 is 1.11 bits per heavy atom. The van der Waals surface area contributed by atoms with Crippen LogP contribution in [0.2, 0.25) is 0 Å². The molecule has 0 aliphatic rings. The van der Waals surface area contributed by atoms with E-state index in [1.165, 1.54) is 22.3 Å². The van der Waals surface area contributed by atoms with Gasteiger partial charge in [-0.15, -0.1) is 0 Å². The fourth-order valence-electron chi connectivity index (χ4n) is 3.43. The summed E-state index contributed by atoms with van der Waals surface area (Å²) in [5, 5.41) is 0. The van der Waals surface area contributed by atoms with Crippen LogP contribution >= 0.6 is 0 Å². The maximum atomic E-state index is 5.42. The number of rotatable bonds is 9. The van der Waals surface area contributed by atoms with E-state index < -0.39 is 0 Å². The molecule has 0 saturated heterocycles. The van der Waals surface area contributed by atoms with Gasteiger partial charge in [0, 0.05) is 0 Å². The first kappa shape index (κ1) is 19.8. The van der Waals surface area contributed by atoms with Crippen LogP contribution in [0.5, 0.6) is 17.2 Å². The third-order valence-electron chi connectivity index (χ3n) is 5.09. The lowest BCUT2D eigenvalue weighted by molar-refractivity contribution is 0.354. The number of methoxy groups -OCH3 is 3.